The van der Waals surface area contributed by atoms with E-state index in [4.69, 9.17) is 0 Å². The second kappa shape index (κ2) is 7.83. The Morgan fingerprint density at radius 1 is 1.07 bits per heavy atom. The van der Waals surface area contributed by atoms with E-state index >= 15 is 0 Å². The molecule has 7 heteroatoms. The van der Waals surface area contributed by atoms with Gasteiger partial charge in [0.1, 0.15) is 0 Å². The molecule has 0 atom stereocenters. The van der Waals surface area contributed by atoms with E-state index < -0.39 is 0 Å². The van der Waals surface area contributed by atoms with E-state index in [0.717, 1.165) is 35.0 Å². The van der Waals surface area contributed by atoms with E-state index in [1.165, 1.54) is 16.3 Å². The first-order chi connectivity index (χ1) is 14.0. The van der Waals surface area contributed by atoms with Crippen molar-refractivity contribution in [3.8, 4) is 0 Å². The number of hydrogen-bond donors (Lipinski definition) is 0. The maximum atomic E-state index is 13.0. The third kappa shape index (κ3) is 3.35. The lowest BCUT2D eigenvalue weighted by molar-refractivity contribution is 0.102. The van der Waals surface area contributed by atoms with Crippen LogP contribution in [-0.4, -0.2) is 30.7 Å². The average Bonchev–Trinajstić information content (AvgIpc) is 3.19. The summed E-state index contributed by atoms with van der Waals surface area (Å²) in [5, 5.41) is 9.64. The van der Waals surface area contributed by atoms with Crippen LogP contribution in [0, 0.1) is 0 Å². The lowest BCUT2D eigenvalue weighted by atomic mass is 9.98. The molecule has 0 N–H and O–H groups in total. The first kappa shape index (κ1) is 19.4. The fourth-order valence-corrected chi connectivity index (χ4v) is 4.35. The van der Waals surface area contributed by atoms with Gasteiger partial charge in [0.2, 0.25) is 5.78 Å². The quantitative estimate of drug-likeness (QED) is 0.361. The third-order valence-electron chi connectivity index (χ3n) is 5.19. The topological polar surface area (TPSA) is 69.3 Å². The maximum absolute atomic E-state index is 13.0. The largest absolute Gasteiger partial charge is 0.293 e. The van der Waals surface area contributed by atoms with Gasteiger partial charge in [-0.1, -0.05) is 49.9 Å². The Morgan fingerprint density at radius 2 is 1.86 bits per heavy atom. The number of benzene rings is 2. The van der Waals surface area contributed by atoms with Crippen LogP contribution in [0.2, 0.25) is 0 Å². The van der Waals surface area contributed by atoms with E-state index in [2.05, 4.69) is 30.1 Å². The molecule has 0 bridgehead atoms. The van der Waals surface area contributed by atoms with Crippen LogP contribution in [0.15, 0.2) is 52.4 Å². The molecule has 0 amide bonds. The van der Waals surface area contributed by atoms with Crippen molar-refractivity contribution in [1.29, 1.82) is 0 Å². The number of Topliss-reactive ketones (excluding diaryl/α,β-unsaturated/α-hetero) is 1. The molecule has 4 aromatic rings. The van der Waals surface area contributed by atoms with E-state index in [-0.39, 0.29) is 17.1 Å². The number of ketones is 1. The number of nitrogens with zero attached hydrogens (tertiary/aromatic N) is 4. The van der Waals surface area contributed by atoms with Gasteiger partial charge >= 0.3 is 0 Å². The standard InChI is InChI=1S/C22H22N4O2S/c1-4-14-10-11-15(5-2)17(12-14)19(27)13-29-22-24-23-21-25(3)20(28)16-8-6-7-9-18(16)26(21)22/h6-12H,4-5,13H2,1-3H3. The maximum Gasteiger partial charge on any atom is 0.262 e. The molecule has 29 heavy (non-hydrogen) atoms. The predicted octanol–water partition coefficient (Wildman–Crippen LogP) is 3.68. The molecule has 0 saturated heterocycles. The second-order valence-electron chi connectivity index (χ2n) is 6.91. The van der Waals surface area contributed by atoms with Crippen molar-refractivity contribution in [2.45, 2.75) is 31.8 Å². The number of para-hydroxylation sites is 1. The minimum atomic E-state index is -0.114. The molecule has 2 aromatic carbocycles. The van der Waals surface area contributed by atoms with Gasteiger partial charge in [-0.15, -0.1) is 10.2 Å². The van der Waals surface area contributed by atoms with Crippen LogP contribution < -0.4 is 5.56 Å². The Bertz CT molecular complexity index is 1290. The molecule has 0 aliphatic heterocycles. The molecule has 0 aliphatic rings. The van der Waals surface area contributed by atoms with Crippen LogP contribution in [-0.2, 0) is 19.9 Å². The number of aryl methyl sites for hydroxylation is 3. The zero-order valence-corrected chi connectivity index (χ0v) is 17.5. The number of carbonyl (C=O) groups is 1. The summed E-state index contributed by atoms with van der Waals surface area (Å²) in [7, 11) is 1.68. The zero-order valence-electron chi connectivity index (χ0n) is 16.7. The lowest BCUT2D eigenvalue weighted by Gasteiger charge is -2.10. The molecule has 0 saturated carbocycles. The SMILES string of the molecule is CCc1ccc(CC)c(C(=O)CSc2nnc3n(C)c(=O)c4ccccc4n23)c1. The fourth-order valence-electron chi connectivity index (χ4n) is 3.52. The molecule has 0 radical (unpaired) electrons. The van der Waals surface area contributed by atoms with Crippen LogP contribution in [0.1, 0.15) is 35.3 Å². The molecule has 148 valence electrons. The van der Waals surface area contributed by atoms with Crippen LogP contribution >= 0.6 is 11.8 Å². The molecule has 6 nitrogen and oxygen atoms in total. The summed E-state index contributed by atoms with van der Waals surface area (Å²) >= 11 is 1.35. The van der Waals surface area contributed by atoms with Crippen LogP contribution in [0.5, 0.6) is 0 Å². The van der Waals surface area contributed by atoms with Crippen LogP contribution in [0.4, 0.5) is 0 Å². The van der Waals surface area contributed by atoms with Crippen LogP contribution in [0.3, 0.4) is 0 Å². The van der Waals surface area contributed by atoms with E-state index in [0.29, 0.717) is 16.3 Å². The van der Waals surface area contributed by atoms with Crippen molar-refractivity contribution in [2.24, 2.45) is 7.05 Å². The molecule has 4 rings (SSSR count). The number of fused-ring (bicyclic) bond motifs is 3. The van der Waals surface area contributed by atoms with Gasteiger partial charge in [-0.3, -0.25) is 18.6 Å². The van der Waals surface area contributed by atoms with Gasteiger partial charge in [0.15, 0.2) is 10.9 Å². The highest BCUT2D eigenvalue weighted by Crippen LogP contribution is 2.23. The Kier molecular flexibility index (Phi) is 5.24. The molecule has 0 aliphatic carbocycles. The Labute approximate surface area is 172 Å². The van der Waals surface area contributed by atoms with Gasteiger partial charge in [-0.2, -0.15) is 0 Å². The third-order valence-corrected chi connectivity index (χ3v) is 6.12. The van der Waals surface area contributed by atoms with E-state index in [1.807, 2.05) is 34.7 Å². The average molecular weight is 407 g/mol. The highest BCUT2D eigenvalue weighted by molar-refractivity contribution is 7.99. The smallest absolute Gasteiger partial charge is 0.262 e. The number of thioether (sulfide) groups is 1. The monoisotopic (exact) mass is 406 g/mol. The Hall–Kier alpha value is -2.93. The van der Waals surface area contributed by atoms with E-state index in [1.54, 1.807) is 13.1 Å². The molecular formula is C22H22N4O2S. The molecule has 0 fully saturated rings. The molecule has 0 spiro atoms. The summed E-state index contributed by atoms with van der Waals surface area (Å²) in [5.41, 5.74) is 3.63. The highest BCUT2D eigenvalue weighted by Gasteiger charge is 2.17. The van der Waals surface area contributed by atoms with Gasteiger partial charge in [-0.25, -0.2) is 0 Å². The number of rotatable bonds is 6. The van der Waals surface area contributed by atoms with Crippen molar-refractivity contribution in [3.05, 3.63) is 69.5 Å². The minimum absolute atomic E-state index is 0.0769. The highest BCUT2D eigenvalue weighted by atomic mass is 32.2. The minimum Gasteiger partial charge on any atom is -0.293 e. The zero-order chi connectivity index (χ0) is 20.5. The molecule has 2 heterocycles. The second-order valence-corrected chi connectivity index (χ2v) is 7.85. The fraction of sp³-hybridized carbons (Fsp3) is 0.273. The molecular weight excluding hydrogens is 384 g/mol. The number of aromatic nitrogens is 4. The summed E-state index contributed by atoms with van der Waals surface area (Å²) in [5.74, 6) is 0.803. The molecule has 0 unspecified atom stereocenters. The van der Waals surface area contributed by atoms with Crippen molar-refractivity contribution >= 4 is 34.2 Å². The summed E-state index contributed by atoms with van der Waals surface area (Å²) < 4.78 is 3.33. The van der Waals surface area contributed by atoms with Gasteiger partial charge in [0.05, 0.1) is 16.7 Å². The first-order valence-corrected chi connectivity index (χ1v) is 10.6. The normalized spacial score (nSPS) is 11.4. The van der Waals surface area contributed by atoms with Crippen molar-refractivity contribution in [2.75, 3.05) is 5.75 Å². The van der Waals surface area contributed by atoms with Gasteiger partial charge in [0, 0.05) is 12.6 Å². The van der Waals surface area contributed by atoms with Crippen molar-refractivity contribution in [3.63, 3.8) is 0 Å². The van der Waals surface area contributed by atoms with Gasteiger partial charge < -0.3 is 0 Å². The number of hydrogen-bond acceptors (Lipinski definition) is 5. The summed E-state index contributed by atoms with van der Waals surface area (Å²) in [6, 6.07) is 13.5. The Morgan fingerprint density at radius 3 is 2.62 bits per heavy atom. The molecule has 2 aromatic heterocycles. The Balaban J connectivity index is 1.71. The van der Waals surface area contributed by atoms with Crippen molar-refractivity contribution in [1.82, 2.24) is 19.2 Å². The first-order valence-electron chi connectivity index (χ1n) is 9.65. The van der Waals surface area contributed by atoms with Crippen molar-refractivity contribution < 1.29 is 4.79 Å². The van der Waals surface area contributed by atoms with Gasteiger partial charge in [0.25, 0.3) is 5.56 Å². The summed E-state index contributed by atoms with van der Waals surface area (Å²) in [4.78, 5) is 25.5. The predicted molar refractivity (Wildman–Crippen MR) is 116 cm³/mol. The van der Waals surface area contributed by atoms with Gasteiger partial charge in [-0.05, 0) is 42.2 Å². The number of carbonyl (C=O) groups excluding carboxylic acids is 1. The lowest BCUT2D eigenvalue weighted by Crippen LogP contribution is -2.20. The van der Waals surface area contributed by atoms with E-state index in [9.17, 15) is 9.59 Å². The summed E-state index contributed by atoms with van der Waals surface area (Å²) in [6.07, 6.45) is 1.71. The van der Waals surface area contributed by atoms with Crippen LogP contribution in [0.25, 0.3) is 16.7 Å². The summed E-state index contributed by atoms with van der Waals surface area (Å²) in [6.45, 7) is 4.14.